The fourth-order valence-electron chi connectivity index (χ4n) is 4.89. The lowest BCUT2D eigenvalue weighted by Gasteiger charge is -2.43. The van der Waals surface area contributed by atoms with Gasteiger partial charge in [0.2, 0.25) is 5.91 Å². The van der Waals surface area contributed by atoms with Crippen molar-refractivity contribution < 1.29 is 14.3 Å². The molecule has 32 heavy (non-hydrogen) atoms. The maximum Gasteiger partial charge on any atom is 0.223 e. The number of β-amino-alcohol motifs (C(OH)–C–C–N with tert-alkyl or cyclic N) is 1. The smallest absolute Gasteiger partial charge is 0.223 e. The minimum absolute atomic E-state index is 0.168. The van der Waals surface area contributed by atoms with Gasteiger partial charge in [0.1, 0.15) is 5.82 Å². The molecule has 0 unspecified atom stereocenters. The van der Waals surface area contributed by atoms with Crippen LogP contribution >= 0.6 is 0 Å². The molecule has 1 atom stereocenters. The zero-order valence-corrected chi connectivity index (χ0v) is 18.9. The normalized spacial score (nSPS) is 20.2. The molecule has 2 aromatic rings. The predicted molar refractivity (Wildman–Crippen MR) is 125 cm³/mol. The highest BCUT2D eigenvalue weighted by molar-refractivity contribution is 5.77. The first-order valence-corrected chi connectivity index (χ1v) is 11.7. The van der Waals surface area contributed by atoms with Gasteiger partial charge in [-0.3, -0.25) is 9.69 Å². The number of likely N-dealkylation sites (tertiary alicyclic amines) is 1. The number of piperidine rings is 1. The average Bonchev–Trinajstić information content (AvgIpc) is 2.81. The molecule has 2 aliphatic rings. The Balaban J connectivity index is 1.23. The number of para-hydroxylation sites is 1. The summed E-state index contributed by atoms with van der Waals surface area (Å²) in [6.07, 6.45) is 1.71. The molecule has 5 nitrogen and oxygen atoms in total. The lowest BCUT2D eigenvalue weighted by atomic mass is 9.89. The van der Waals surface area contributed by atoms with Gasteiger partial charge in [0.15, 0.2) is 0 Å². The molecule has 4 rings (SSSR count). The maximum absolute atomic E-state index is 14.1. The summed E-state index contributed by atoms with van der Waals surface area (Å²) < 4.78 is 14.1. The van der Waals surface area contributed by atoms with Gasteiger partial charge in [-0.2, -0.15) is 0 Å². The van der Waals surface area contributed by atoms with Gasteiger partial charge in [-0.25, -0.2) is 4.39 Å². The third-order valence-electron chi connectivity index (χ3n) is 6.98. The van der Waals surface area contributed by atoms with E-state index in [2.05, 4.69) is 28.9 Å². The highest BCUT2D eigenvalue weighted by Gasteiger charge is 2.36. The number of hydrogen-bond donors (Lipinski definition) is 1. The minimum atomic E-state index is -0.762. The van der Waals surface area contributed by atoms with Gasteiger partial charge < -0.3 is 14.9 Å². The van der Waals surface area contributed by atoms with Crippen molar-refractivity contribution in [2.45, 2.75) is 37.7 Å². The van der Waals surface area contributed by atoms with Gasteiger partial charge in [0.25, 0.3) is 0 Å². The summed E-state index contributed by atoms with van der Waals surface area (Å²) >= 11 is 0. The number of carbonyl (C=O) groups is 1. The van der Waals surface area contributed by atoms with Gasteiger partial charge in [-0.05, 0) is 36.5 Å². The molecule has 2 aromatic carbocycles. The van der Waals surface area contributed by atoms with Crippen molar-refractivity contribution >= 4 is 11.6 Å². The van der Waals surface area contributed by atoms with E-state index in [0.717, 1.165) is 26.2 Å². The van der Waals surface area contributed by atoms with Crippen LogP contribution in [0, 0.1) is 5.82 Å². The Morgan fingerprint density at radius 2 is 1.59 bits per heavy atom. The van der Waals surface area contributed by atoms with E-state index in [0.29, 0.717) is 44.6 Å². The van der Waals surface area contributed by atoms with Crippen LogP contribution in [0.25, 0.3) is 0 Å². The lowest BCUT2D eigenvalue weighted by Crippen LogP contribution is -2.56. The number of amides is 1. The largest absolute Gasteiger partial charge is 0.388 e. The lowest BCUT2D eigenvalue weighted by molar-refractivity contribution is -0.136. The molecule has 6 heteroatoms. The Morgan fingerprint density at radius 1 is 0.969 bits per heavy atom. The number of halogens is 1. The molecule has 0 aliphatic carbocycles. The molecular formula is C26H34FN3O2. The van der Waals surface area contributed by atoms with Gasteiger partial charge in [-0.1, -0.05) is 49.4 Å². The van der Waals surface area contributed by atoms with Gasteiger partial charge >= 0.3 is 0 Å². The van der Waals surface area contributed by atoms with Crippen LogP contribution in [0.2, 0.25) is 0 Å². The Kier molecular flexibility index (Phi) is 7.11. The van der Waals surface area contributed by atoms with Crippen molar-refractivity contribution in [2.75, 3.05) is 50.7 Å². The molecule has 1 amide bonds. The number of benzene rings is 2. The van der Waals surface area contributed by atoms with Crippen molar-refractivity contribution in [1.29, 1.82) is 0 Å². The van der Waals surface area contributed by atoms with Crippen molar-refractivity contribution in [3.63, 3.8) is 0 Å². The van der Waals surface area contributed by atoms with Crippen LogP contribution in [0.3, 0.4) is 0 Å². The topological polar surface area (TPSA) is 47.0 Å². The van der Waals surface area contributed by atoms with Crippen LogP contribution in [-0.2, 0) is 4.79 Å². The molecule has 172 valence electrons. The molecule has 2 aliphatic heterocycles. The third kappa shape index (κ3) is 5.48. The van der Waals surface area contributed by atoms with E-state index < -0.39 is 5.60 Å². The zero-order chi connectivity index (χ0) is 22.6. The summed E-state index contributed by atoms with van der Waals surface area (Å²) in [6.45, 7) is 7.01. The molecule has 1 N–H and O–H groups in total. The Labute approximate surface area is 190 Å². The number of hydrogen-bond acceptors (Lipinski definition) is 4. The molecular weight excluding hydrogens is 405 g/mol. The van der Waals surface area contributed by atoms with E-state index in [4.69, 9.17) is 0 Å². The van der Waals surface area contributed by atoms with Crippen molar-refractivity contribution in [2.24, 2.45) is 0 Å². The predicted octanol–water partition coefficient (Wildman–Crippen LogP) is 3.50. The summed E-state index contributed by atoms with van der Waals surface area (Å²) in [4.78, 5) is 19.0. The summed E-state index contributed by atoms with van der Waals surface area (Å²) in [5.74, 6) is 0.176. The van der Waals surface area contributed by atoms with Gasteiger partial charge in [0, 0.05) is 52.2 Å². The van der Waals surface area contributed by atoms with Crippen molar-refractivity contribution in [1.82, 2.24) is 9.80 Å². The Morgan fingerprint density at radius 3 is 2.25 bits per heavy atom. The SMILES string of the molecule is C[C@H](CC(=O)N1CCC(O)(CN2CCN(c3ccccc3F)CC2)CC1)c1ccccc1. The van der Waals surface area contributed by atoms with E-state index in [1.54, 1.807) is 6.07 Å². The number of nitrogens with zero attached hydrogens (tertiary/aromatic N) is 3. The minimum Gasteiger partial charge on any atom is -0.388 e. The number of anilines is 1. The number of piperazine rings is 1. The first kappa shape index (κ1) is 22.7. The first-order chi connectivity index (χ1) is 15.4. The first-order valence-electron chi connectivity index (χ1n) is 11.7. The fourth-order valence-corrected chi connectivity index (χ4v) is 4.89. The summed E-state index contributed by atoms with van der Waals surface area (Å²) in [5.41, 5.74) is 1.08. The molecule has 0 aromatic heterocycles. The van der Waals surface area contributed by atoms with E-state index >= 15 is 0 Å². The van der Waals surface area contributed by atoms with Crippen molar-refractivity contribution in [3.05, 3.63) is 66.0 Å². The summed E-state index contributed by atoms with van der Waals surface area (Å²) in [5, 5.41) is 11.2. The molecule has 2 fully saturated rings. The second-order valence-electron chi connectivity index (χ2n) is 9.34. The van der Waals surface area contributed by atoms with Gasteiger partial charge in [0.05, 0.1) is 11.3 Å². The highest BCUT2D eigenvalue weighted by atomic mass is 19.1. The van der Waals surface area contributed by atoms with Crippen LogP contribution in [0.15, 0.2) is 54.6 Å². The number of aliphatic hydroxyl groups is 1. The second-order valence-corrected chi connectivity index (χ2v) is 9.34. The fraction of sp³-hybridized carbons (Fsp3) is 0.500. The van der Waals surface area contributed by atoms with Crippen LogP contribution in [0.1, 0.15) is 37.7 Å². The third-order valence-corrected chi connectivity index (χ3v) is 6.98. The molecule has 0 saturated carbocycles. The van der Waals surface area contributed by atoms with Crippen LogP contribution in [-0.4, -0.2) is 72.2 Å². The Hall–Kier alpha value is -2.44. The van der Waals surface area contributed by atoms with Crippen molar-refractivity contribution in [3.8, 4) is 0 Å². The zero-order valence-electron chi connectivity index (χ0n) is 18.9. The van der Waals surface area contributed by atoms with Crippen LogP contribution in [0.4, 0.5) is 10.1 Å². The van der Waals surface area contributed by atoms with Gasteiger partial charge in [-0.15, -0.1) is 0 Å². The molecule has 0 spiro atoms. The second kappa shape index (κ2) is 10.0. The number of carbonyl (C=O) groups excluding carboxylic acids is 1. The quantitative estimate of drug-likeness (QED) is 0.749. The van der Waals surface area contributed by atoms with E-state index in [9.17, 15) is 14.3 Å². The molecule has 2 saturated heterocycles. The molecule has 0 bridgehead atoms. The monoisotopic (exact) mass is 439 g/mol. The van der Waals surface area contributed by atoms with Crippen LogP contribution < -0.4 is 4.90 Å². The summed E-state index contributed by atoms with van der Waals surface area (Å²) in [6, 6.07) is 17.0. The van der Waals surface area contributed by atoms with E-state index in [1.807, 2.05) is 35.2 Å². The molecule has 2 heterocycles. The standard InChI is InChI=1S/C26H34FN3O2/c1-21(22-7-3-2-4-8-22)19-25(31)30-13-11-26(32,12-14-30)20-28-15-17-29(18-16-28)24-10-6-5-9-23(24)27/h2-10,21,32H,11-20H2,1H3/t21-/m1/s1. The van der Waals surface area contributed by atoms with E-state index in [-0.39, 0.29) is 17.6 Å². The van der Waals surface area contributed by atoms with Crippen LogP contribution in [0.5, 0.6) is 0 Å². The maximum atomic E-state index is 14.1. The van der Waals surface area contributed by atoms with E-state index in [1.165, 1.54) is 11.6 Å². The summed E-state index contributed by atoms with van der Waals surface area (Å²) in [7, 11) is 0. The average molecular weight is 440 g/mol. The Bertz CT molecular complexity index is 891. The number of rotatable bonds is 6. The highest BCUT2D eigenvalue weighted by Crippen LogP contribution is 2.27. The molecule has 0 radical (unpaired) electrons.